The molecule has 18 heavy (non-hydrogen) atoms. The van der Waals surface area contributed by atoms with Gasteiger partial charge in [0.15, 0.2) is 0 Å². The molecular formula is C15H22N2O. The second kappa shape index (κ2) is 6.55. The third-order valence-electron chi connectivity index (χ3n) is 3.56. The van der Waals surface area contributed by atoms with E-state index in [1.807, 2.05) is 30.1 Å². The van der Waals surface area contributed by atoms with E-state index in [0.29, 0.717) is 0 Å². The van der Waals surface area contributed by atoms with Crippen molar-refractivity contribution < 1.29 is 4.79 Å². The first-order valence-electron chi connectivity index (χ1n) is 6.79. The fraction of sp³-hybridized carbons (Fsp3) is 0.533. The number of carbonyl (C=O) groups is 1. The number of hydrogen-bond donors (Lipinski definition) is 1. The van der Waals surface area contributed by atoms with Crippen molar-refractivity contribution in [1.29, 1.82) is 0 Å². The van der Waals surface area contributed by atoms with Gasteiger partial charge in [-0.2, -0.15) is 0 Å². The van der Waals surface area contributed by atoms with Crippen molar-refractivity contribution in [2.75, 3.05) is 20.1 Å². The Kier molecular flexibility index (Phi) is 4.76. The first-order valence-corrected chi connectivity index (χ1v) is 6.79. The highest BCUT2D eigenvalue weighted by Crippen LogP contribution is 2.09. The van der Waals surface area contributed by atoms with Gasteiger partial charge in [-0.1, -0.05) is 36.8 Å². The van der Waals surface area contributed by atoms with Gasteiger partial charge in [-0.25, -0.2) is 0 Å². The van der Waals surface area contributed by atoms with Gasteiger partial charge in [-0.05, 0) is 31.4 Å². The number of nitrogens with one attached hydrogen (secondary N) is 1. The van der Waals surface area contributed by atoms with Gasteiger partial charge >= 0.3 is 0 Å². The van der Waals surface area contributed by atoms with Crippen molar-refractivity contribution in [2.45, 2.75) is 31.7 Å². The minimum Gasteiger partial charge on any atom is -0.344 e. The normalized spacial score (nSPS) is 19.5. The summed E-state index contributed by atoms with van der Waals surface area (Å²) in [6, 6.07) is 10.4. The lowest BCUT2D eigenvalue weighted by Crippen LogP contribution is -2.47. The van der Waals surface area contributed by atoms with E-state index in [9.17, 15) is 4.79 Å². The molecule has 0 unspecified atom stereocenters. The summed E-state index contributed by atoms with van der Waals surface area (Å²) in [5, 5.41) is 3.31. The number of nitrogens with zero attached hydrogens (tertiary/aromatic N) is 1. The van der Waals surface area contributed by atoms with Crippen LogP contribution in [-0.2, 0) is 11.2 Å². The molecule has 0 bridgehead atoms. The predicted molar refractivity (Wildman–Crippen MR) is 73.4 cm³/mol. The lowest BCUT2D eigenvalue weighted by Gasteiger charge is -2.27. The Bertz CT molecular complexity index is 371. The standard InChI is InChI=1S/C15H22N2O/c1-17(12-10-13-7-3-2-4-8-13)15(18)14-9-5-6-11-16-14/h2-4,7-8,14,16H,5-6,9-12H2,1H3/t14-/m0/s1. The smallest absolute Gasteiger partial charge is 0.239 e. The average molecular weight is 246 g/mol. The second-order valence-electron chi connectivity index (χ2n) is 5.00. The van der Waals surface area contributed by atoms with Crippen LogP contribution in [0.4, 0.5) is 0 Å². The van der Waals surface area contributed by atoms with Gasteiger partial charge in [0.05, 0.1) is 6.04 Å². The molecule has 0 radical (unpaired) electrons. The van der Waals surface area contributed by atoms with E-state index in [2.05, 4.69) is 17.4 Å². The summed E-state index contributed by atoms with van der Waals surface area (Å²) < 4.78 is 0. The molecule has 1 aliphatic rings. The Morgan fingerprint density at radius 3 is 2.78 bits per heavy atom. The van der Waals surface area contributed by atoms with Crippen LogP contribution in [0.25, 0.3) is 0 Å². The fourth-order valence-electron chi connectivity index (χ4n) is 2.38. The van der Waals surface area contributed by atoms with Crippen LogP contribution in [0.1, 0.15) is 24.8 Å². The fourth-order valence-corrected chi connectivity index (χ4v) is 2.38. The Balaban J connectivity index is 1.80. The number of rotatable bonds is 4. The molecule has 1 heterocycles. The summed E-state index contributed by atoms with van der Waals surface area (Å²) in [7, 11) is 1.90. The Labute approximate surface area is 109 Å². The maximum atomic E-state index is 12.2. The maximum absolute atomic E-state index is 12.2. The van der Waals surface area contributed by atoms with E-state index in [4.69, 9.17) is 0 Å². The van der Waals surface area contributed by atoms with Crippen LogP contribution in [-0.4, -0.2) is 37.0 Å². The monoisotopic (exact) mass is 246 g/mol. The molecule has 1 atom stereocenters. The Morgan fingerprint density at radius 1 is 1.33 bits per heavy atom. The third kappa shape index (κ3) is 3.57. The van der Waals surface area contributed by atoms with Crippen molar-refractivity contribution in [3.05, 3.63) is 35.9 Å². The molecule has 0 aromatic heterocycles. The van der Waals surface area contributed by atoms with Gasteiger partial charge in [-0.3, -0.25) is 4.79 Å². The highest BCUT2D eigenvalue weighted by Gasteiger charge is 2.23. The van der Waals surface area contributed by atoms with E-state index in [1.54, 1.807) is 0 Å². The van der Waals surface area contributed by atoms with Gasteiger partial charge in [0.25, 0.3) is 0 Å². The van der Waals surface area contributed by atoms with Crippen molar-refractivity contribution in [1.82, 2.24) is 10.2 Å². The number of likely N-dealkylation sites (N-methyl/N-ethyl adjacent to an activating group) is 1. The summed E-state index contributed by atoms with van der Waals surface area (Å²) in [6.45, 7) is 1.77. The topological polar surface area (TPSA) is 32.3 Å². The van der Waals surface area contributed by atoms with E-state index in [-0.39, 0.29) is 11.9 Å². The van der Waals surface area contributed by atoms with Crippen LogP contribution in [0.3, 0.4) is 0 Å². The Hall–Kier alpha value is -1.35. The summed E-state index contributed by atoms with van der Waals surface area (Å²) >= 11 is 0. The highest BCUT2D eigenvalue weighted by molar-refractivity contribution is 5.81. The maximum Gasteiger partial charge on any atom is 0.239 e. The first-order chi connectivity index (χ1) is 8.77. The van der Waals surface area contributed by atoms with Crippen LogP contribution in [0, 0.1) is 0 Å². The summed E-state index contributed by atoms with van der Waals surface area (Å²) in [5.74, 6) is 0.241. The van der Waals surface area contributed by atoms with Gasteiger partial charge in [0.2, 0.25) is 5.91 Å². The predicted octanol–water partition coefficient (Wildman–Crippen LogP) is 1.83. The third-order valence-corrected chi connectivity index (χ3v) is 3.56. The number of amides is 1. The van der Waals surface area contributed by atoms with Crippen LogP contribution in [0.2, 0.25) is 0 Å². The summed E-state index contributed by atoms with van der Waals surface area (Å²) in [5.41, 5.74) is 1.29. The van der Waals surface area contributed by atoms with Crippen molar-refractivity contribution in [2.24, 2.45) is 0 Å². The molecule has 1 aliphatic heterocycles. The SMILES string of the molecule is CN(CCc1ccccc1)C(=O)[C@@H]1CCCCN1. The molecule has 0 aliphatic carbocycles. The number of benzene rings is 1. The quantitative estimate of drug-likeness (QED) is 0.879. The molecule has 0 saturated carbocycles. The number of piperidine rings is 1. The molecule has 3 nitrogen and oxygen atoms in total. The highest BCUT2D eigenvalue weighted by atomic mass is 16.2. The summed E-state index contributed by atoms with van der Waals surface area (Å²) in [6.07, 6.45) is 4.26. The van der Waals surface area contributed by atoms with Crippen LogP contribution in [0.5, 0.6) is 0 Å². The van der Waals surface area contributed by atoms with Gasteiger partial charge in [-0.15, -0.1) is 0 Å². The molecule has 1 aromatic carbocycles. The largest absolute Gasteiger partial charge is 0.344 e. The molecule has 98 valence electrons. The van der Waals surface area contributed by atoms with Crippen molar-refractivity contribution >= 4 is 5.91 Å². The molecule has 3 heteroatoms. The lowest BCUT2D eigenvalue weighted by molar-refractivity contribution is -0.132. The van der Waals surface area contributed by atoms with Gasteiger partial charge in [0.1, 0.15) is 0 Å². The van der Waals surface area contributed by atoms with Crippen LogP contribution >= 0.6 is 0 Å². The second-order valence-corrected chi connectivity index (χ2v) is 5.00. The zero-order chi connectivity index (χ0) is 12.8. The molecule has 2 rings (SSSR count). The van der Waals surface area contributed by atoms with Crippen molar-refractivity contribution in [3.8, 4) is 0 Å². The van der Waals surface area contributed by atoms with E-state index in [0.717, 1.165) is 32.4 Å². The molecule has 1 aromatic rings. The number of carbonyl (C=O) groups excluding carboxylic acids is 1. The molecule has 1 saturated heterocycles. The Morgan fingerprint density at radius 2 is 2.11 bits per heavy atom. The molecule has 1 fully saturated rings. The zero-order valence-electron chi connectivity index (χ0n) is 11.1. The molecule has 1 amide bonds. The van der Waals surface area contributed by atoms with E-state index < -0.39 is 0 Å². The molecule has 0 spiro atoms. The minimum atomic E-state index is 0.0412. The lowest BCUT2D eigenvalue weighted by atomic mass is 10.0. The first kappa shape index (κ1) is 13.1. The van der Waals surface area contributed by atoms with Gasteiger partial charge < -0.3 is 10.2 Å². The zero-order valence-corrected chi connectivity index (χ0v) is 11.1. The van der Waals surface area contributed by atoms with Crippen LogP contribution < -0.4 is 5.32 Å². The average Bonchev–Trinajstić information content (AvgIpc) is 2.46. The molecular weight excluding hydrogens is 224 g/mol. The van der Waals surface area contributed by atoms with E-state index in [1.165, 1.54) is 12.0 Å². The summed E-state index contributed by atoms with van der Waals surface area (Å²) in [4.78, 5) is 14.0. The van der Waals surface area contributed by atoms with Crippen molar-refractivity contribution in [3.63, 3.8) is 0 Å². The molecule has 1 N–H and O–H groups in total. The van der Waals surface area contributed by atoms with Crippen LogP contribution in [0.15, 0.2) is 30.3 Å². The van der Waals surface area contributed by atoms with E-state index >= 15 is 0 Å². The van der Waals surface area contributed by atoms with Gasteiger partial charge in [0, 0.05) is 13.6 Å². The minimum absolute atomic E-state index is 0.0412. The number of hydrogen-bond acceptors (Lipinski definition) is 2.